The van der Waals surface area contributed by atoms with Crippen molar-refractivity contribution >= 4 is 39.3 Å². The van der Waals surface area contributed by atoms with Gasteiger partial charge in [-0.3, -0.25) is 14.2 Å². The molecule has 0 aromatic carbocycles. The van der Waals surface area contributed by atoms with Crippen molar-refractivity contribution in [2.24, 2.45) is 0 Å². The van der Waals surface area contributed by atoms with Gasteiger partial charge in [0, 0.05) is 41.0 Å². The molecule has 36 heavy (non-hydrogen) atoms. The Labute approximate surface area is 197 Å². The number of alkyl halides is 6. The van der Waals surface area contributed by atoms with Gasteiger partial charge in [-0.25, -0.2) is 14.6 Å². The van der Waals surface area contributed by atoms with E-state index in [4.69, 9.17) is 24.8 Å². The Morgan fingerprint density at radius 1 is 0.944 bits per heavy atom. The fourth-order valence-corrected chi connectivity index (χ4v) is 2.83. The summed E-state index contributed by atoms with van der Waals surface area (Å²) in [5.41, 5.74) is 2.54. The molecule has 4 aromatic heterocycles. The molecule has 4 heterocycles. The molecule has 3 N–H and O–H groups in total. The molecule has 194 valence electrons. The van der Waals surface area contributed by atoms with Crippen molar-refractivity contribution in [1.82, 2.24) is 19.4 Å². The van der Waals surface area contributed by atoms with Crippen molar-refractivity contribution in [3.8, 4) is 0 Å². The quantitative estimate of drug-likeness (QED) is 0.232. The predicted molar refractivity (Wildman–Crippen MR) is 115 cm³/mol. The fourth-order valence-electron chi connectivity index (χ4n) is 2.83. The van der Waals surface area contributed by atoms with Crippen LogP contribution in [-0.2, 0) is 15.0 Å². The maximum atomic E-state index is 12.3. The average Bonchev–Trinajstić information content (AvgIpc) is 3.20. The third-order valence-corrected chi connectivity index (χ3v) is 4.49. The molecule has 0 aliphatic rings. The molecule has 0 amide bonds. The summed E-state index contributed by atoms with van der Waals surface area (Å²) in [5.74, 6) is -5.51. The van der Waals surface area contributed by atoms with Crippen LogP contribution < -0.4 is 5.56 Å². The van der Waals surface area contributed by atoms with E-state index in [0.29, 0.717) is 5.39 Å². The van der Waals surface area contributed by atoms with Gasteiger partial charge >= 0.3 is 24.3 Å². The number of carboxylic acid groups (broad SMARTS) is 2. The number of carboxylic acids is 2. The van der Waals surface area contributed by atoms with Gasteiger partial charge in [0.25, 0.3) is 5.56 Å². The number of hydrogen-bond acceptors (Lipinski definition) is 5. The zero-order chi connectivity index (χ0) is 27.6. The van der Waals surface area contributed by atoms with Crippen molar-refractivity contribution in [3.63, 3.8) is 0 Å². The SMILES string of the molecule is CC(C)(C)c1cn2c3cc[nH]c(=O)c3c3cnccc3c2n1.O=C(O)C(F)(F)F.O=C(O)C(F)(F)F. The minimum absolute atomic E-state index is 0.0566. The summed E-state index contributed by atoms with van der Waals surface area (Å²) >= 11 is 0. The van der Waals surface area contributed by atoms with E-state index in [-0.39, 0.29) is 11.0 Å². The number of nitrogens with one attached hydrogen (secondary N) is 1. The number of aromatic nitrogens is 4. The van der Waals surface area contributed by atoms with Gasteiger partial charge in [-0.05, 0) is 12.1 Å². The highest BCUT2D eigenvalue weighted by atomic mass is 19.4. The zero-order valence-electron chi connectivity index (χ0n) is 18.7. The normalized spacial score (nSPS) is 12.0. The molecule has 0 spiro atoms. The van der Waals surface area contributed by atoms with Crippen LogP contribution >= 0.6 is 0 Å². The monoisotopic (exact) mass is 520 g/mol. The summed E-state index contributed by atoms with van der Waals surface area (Å²) < 4.78 is 65.5. The third-order valence-electron chi connectivity index (χ3n) is 4.49. The molecule has 0 radical (unpaired) electrons. The van der Waals surface area contributed by atoms with Gasteiger partial charge < -0.3 is 15.2 Å². The first kappa shape index (κ1) is 28.1. The van der Waals surface area contributed by atoms with Gasteiger partial charge in [0.2, 0.25) is 0 Å². The van der Waals surface area contributed by atoms with Gasteiger partial charge in [0.15, 0.2) is 0 Å². The van der Waals surface area contributed by atoms with E-state index in [2.05, 4.69) is 30.7 Å². The number of hydrogen-bond donors (Lipinski definition) is 3. The van der Waals surface area contributed by atoms with Gasteiger partial charge in [0.1, 0.15) is 5.65 Å². The Balaban J connectivity index is 0.000000271. The van der Waals surface area contributed by atoms with E-state index in [1.807, 2.05) is 22.7 Å². The molecule has 0 aliphatic carbocycles. The Bertz CT molecular complexity index is 1460. The van der Waals surface area contributed by atoms with Gasteiger partial charge in [-0.15, -0.1) is 0 Å². The summed E-state index contributed by atoms with van der Waals surface area (Å²) in [6.07, 6.45) is -3.00. The summed E-state index contributed by atoms with van der Waals surface area (Å²) in [6, 6.07) is 3.82. The molecular formula is C21H18F6N4O5. The van der Waals surface area contributed by atoms with Crippen LogP contribution in [0.15, 0.2) is 41.7 Å². The molecular weight excluding hydrogens is 502 g/mol. The molecule has 0 unspecified atom stereocenters. The minimum atomic E-state index is -5.08. The van der Waals surface area contributed by atoms with Crippen LogP contribution in [0.2, 0.25) is 0 Å². The van der Waals surface area contributed by atoms with Gasteiger partial charge in [-0.1, -0.05) is 20.8 Å². The number of aromatic amines is 1. The number of imidazole rings is 1. The summed E-state index contributed by atoms with van der Waals surface area (Å²) in [4.78, 5) is 41.9. The first-order chi connectivity index (χ1) is 16.4. The fraction of sp³-hybridized carbons (Fsp3) is 0.286. The number of halogens is 6. The lowest BCUT2D eigenvalue weighted by Gasteiger charge is -2.13. The average molecular weight is 520 g/mol. The number of rotatable bonds is 0. The number of nitrogens with zero attached hydrogens (tertiary/aromatic N) is 3. The molecule has 0 bridgehead atoms. The van der Waals surface area contributed by atoms with Crippen molar-refractivity contribution in [1.29, 1.82) is 0 Å². The lowest BCUT2D eigenvalue weighted by molar-refractivity contribution is -0.193. The van der Waals surface area contributed by atoms with E-state index in [1.54, 1.807) is 18.6 Å². The number of fused-ring (bicyclic) bond motifs is 6. The molecule has 0 saturated carbocycles. The van der Waals surface area contributed by atoms with E-state index in [0.717, 1.165) is 27.6 Å². The van der Waals surface area contributed by atoms with Gasteiger partial charge in [0.05, 0.1) is 16.6 Å². The molecule has 0 saturated heterocycles. The first-order valence-corrected chi connectivity index (χ1v) is 9.72. The Hall–Kier alpha value is -4.17. The van der Waals surface area contributed by atoms with Gasteiger partial charge in [-0.2, -0.15) is 26.3 Å². The topological polar surface area (TPSA) is 138 Å². The molecule has 0 fully saturated rings. The maximum absolute atomic E-state index is 12.3. The summed E-state index contributed by atoms with van der Waals surface area (Å²) in [7, 11) is 0. The second-order valence-corrected chi connectivity index (χ2v) is 8.16. The highest BCUT2D eigenvalue weighted by Gasteiger charge is 2.38. The Morgan fingerprint density at radius 2 is 1.47 bits per heavy atom. The van der Waals surface area contributed by atoms with E-state index < -0.39 is 24.3 Å². The second-order valence-electron chi connectivity index (χ2n) is 8.16. The molecule has 0 atom stereocenters. The Kier molecular flexibility index (Phi) is 7.66. The van der Waals surface area contributed by atoms with Crippen molar-refractivity contribution in [2.45, 2.75) is 38.5 Å². The van der Waals surface area contributed by atoms with Crippen LogP contribution in [0.1, 0.15) is 26.5 Å². The van der Waals surface area contributed by atoms with E-state index in [9.17, 15) is 31.1 Å². The first-order valence-electron chi connectivity index (χ1n) is 9.72. The molecule has 15 heteroatoms. The molecule has 0 aliphatic heterocycles. The zero-order valence-corrected chi connectivity index (χ0v) is 18.7. The minimum Gasteiger partial charge on any atom is -0.475 e. The van der Waals surface area contributed by atoms with Crippen LogP contribution in [0.5, 0.6) is 0 Å². The largest absolute Gasteiger partial charge is 0.490 e. The van der Waals surface area contributed by atoms with Crippen molar-refractivity contribution in [3.05, 3.63) is 53.0 Å². The lowest BCUT2D eigenvalue weighted by atomic mass is 9.93. The summed E-state index contributed by atoms with van der Waals surface area (Å²) in [6.45, 7) is 6.40. The number of H-pyrrole nitrogens is 1. The van der Waals surface area contributed by atoms with Crippen molar-refractivity contribution < 1.29 is 46.1 Å². The summed E-state index contributed by atoms with van der Waals surface area (Å²) in [5, 5.41) is 16.7. The maximum Gasteiger partial charge on any atom is 0.490 e. The van der Waals surface area contributed by atoms with Crippen molar-refractivity contribution in [2.75, 3.05) is 0 Å². The lowest BCUT2D eigenvalue weighted by Crippen LogP contribution is -2.21. The van der Waals surface area contributed by atoms with Crippen LogP contribution in [-0.4, -0.2) is 53.9 Å². The number of aliphatic carboxylic acids is 2. The predicted octanol–water partition coefficient (Wildman–Crippen LogP) is 4.29. The number of carbonyl (C=O) groups is 2. The molecule has 4 aromatic rings. The highest BCUT2D eigenvalue weighted by molar-refractivity contribution is 6.10. The standard InChI is InChI=1S/C17H16N4O.2C2HF3O2/c1-17(2,3)13-9-21-12-5-7-19-16(22)14(12)11-8-18-6-4-10(11)15(21)20-13;2*3-2(4,5)1(6)7/h4-9H,1-3H3,(H,19,22);2*(H,6,7). The van der Waals surface area contributed by atoms with Crippen LogP contribution in [0.3, 0.4) is 0 Å². The van der Waals surface area contributed by atoms with E-state index >= 15 is 0 Å². The van der Waals surface area contributed by atoms with Crippen LogP contribution in [0.4, 0.5) is 26.3 Å². The highest BCUT2D eigenvalue weighted by Crippen LogP contribution is 2.29. The van der Waals surface area contributed by atoms with Crippen LogP contribution in [0, 0.1) is 0 Å². The number of pyridine rings is 3. The molecule has 9 nitrogen and oxygen atoms in total. The van der Waals surface area contributed by atoms with E-state index in [1.165, 1.54) is 0 Å². The second kappa shape index (κ2) is 9.83. The third kappa shape index (κ3) is 6.28. The smallest absolute Gasteiger partial charge is 0.475 e. The molecule has 4 rings (SSSR count). The Morgan fingerprint density at radius 3 is 1.94 bits per heavy atom. The van der Waals surface area contributed by atoms with Crippen LogP contribution in [0.25, 0.3) is 27.3 Å².